The van der Waals surface area contributed by atoms with E-state index in [-0.39, 0.29) is 18.2 Å². The number of amides is 2. The van der Waals surface area contributed by atoms with E-state index in [1.807, 2.05) is 53.8 Å². The van der Waals surface area contributed by atoms with Gasteiger partial charge in [-0.2, -0.15) is 0 Å². The summed E-state index contributed by atoms with van der Waals surface area (Å²) >= 11 is 0. The van der Waals surface area contributed by atoms with Gasteiger partial charge < -0.3 is 20.3 Å². The molecule has 0 fully saturated rings. The molecule has 1 aliphatic rings. The second-order valence-corrected chi connectivity index (χ2v) is 7.66. The van der Waals surface area contributed by atoms with E-state index in [0.717, 1.165) is 28.3 Å². The van der Waals surface area contributed by atoms with Crippen molar-refractivity contribution in [2.75, 3.05) is 18.5 Å². The minimum Gasteiger partial charge on any atom is -0.480 e. The second-order valence-electron chi connectivity index (χ2n) is 7.66. The lowest BCUT2D eigenvalue weighted by molar-refractivity contribution is -0.140. The van der Waals surface area contributed by atoms with Gasteiger partial charge in [0.1, 0.15) is 6.61 Å². The van der Waals surface area contributed by atoms with Crippen molar-refractivity contribution in [3.8, 4) is 11.1 Å². The molecule has 4 rings (SSSR count). The van der Waals surface area contributed by atoms with Crippen LogP contribution in [0.4, 0.5) is 14.9 Å². The fourth-order valence-electron chi connectivity index (χ4n) is 3.97. The highest BCUT2D eigenvalue weighted by atomic mass is 19.1. The maximum atomic E-state index is 14.8. The van der Waals surface area contributed by atoms with E-state index in [4.69, 9.17) is 14.9 Å². The number of ether oxygens (including phenoxy) is 1. The lowest BCUT2D eigenvalue weighted by atomic mass is 9.98. The highest BCUT2D eigenvalue weighted by Gasteiger charge is 2.29. The van der Waals surface area contributed by atoms with Crippen LogP contribution in [0.5, 0.6) is 0 Å². The van der Waals surface area contributed by atoms with Gasteiger partial charge in [-0.1, -0.05) is 54.6 Å². The van der Waals surface area contributed by atoms with E-state index >= 15 is 0 Å². The van der Waals surface area contributed by atoms with Gasteiger partial charge in [0.2, 0.25) is 0 Å². The molecule has 3 aromatic carbocycles. The number of aliphatic hydroxyl groups is 1. The minimum absolute atomic E-state index is 0.0262. The first-order valence-corrected chi connectivity index (χ1v) is 10.5. The number of carboxylic acids is 1. The van der Waals surface area contributed by atoms with Crippen molar-refractivity contribution in [3.05, 3.63) is 89.2 Å². The minimum atomic E-state index is -1.59. The number of carboxylic acid groups (broad SMARTS) is 1. The number of rotatable bonds is 7. The molecule has 1 aliphatic carbocycles. The Kier molecular flexibility index (Phi) is 6.55. The number of hydrogen-bond donors (Lipinski definition) is 4. The standard InChI is InChI=1S/C25H21FN2O6/c26-22-18(23(30)27-21(12-29)24(31)32)10-5-11-20(22)28-25(33)34-13-19-16-8-3-1-6-14(16)15-7-2-4-9-17(15)19/h1-11,19,21,29H,12-13H2,(H,27,30)(H,28,33)(H,31,32). The quantitative estimate of drug-likeness (QED) is 0.425. The van der Waals surface area contributed by atoms with E-state index in [1.54, 1.807) is 0 Å². The molecule has 3 aromatic rings. The fourth-order valence-corrected chi connectivity index (χ4v) is 3.97. The Labute approximate surface area is 194 Å². The molecule has 9 heteroatoms. The van der Waals surface area contributed by atoms with Crippen molar-refractivity contribution < 1.29 is 33.7 Å². The first-order chi connectivity index (χ1) is 16.4. The molecule has 34 heavy (non-hydrogen) atoms. The average Bonchev–Trinajstić information content (AvgIpc) is 3.16. The fraction of sp³-hybridized carbons (Fsp3) is 0.160. The molecule has 0 aromatic heterocycles. The first-order valence-electron chi connectivity index (χ1n) is 10.5. The monoisotopic (exact) mass is 464 g/mol. The Balaban J connectivity index is 1.45. The van der Waals surface area contributed by atoms with Crippen molar-refractivity contribution in [1.82, 2.24) is 5.32 Å². The van der Waals surface area contributed by atoms with Crippen LogP contribution in [-0.4, -0.2) is 47.4 Å². The average molecular weight is 464 g/mol. The Morgan fingerprint density at radius 2 is 1.56 bits per heavy atom. The van der Waals surface area contributed by atoms with Gasteiger partial charge in [-0.05, 0) is 34.4 Å². The molecular formula is C25H21FN2O6. The summed E-state index contributed by atoms with van der Waals surface area (Å²) in [7, 11) is 0. The normalized spacial score (nSPS) is 12.9. The molecule has 1 atom stereocenters. The number of aliphatic hydroxyl groups excluding tert-OH is 1. The summed E-state index contributed by atoms with van der Waals surface area (Å²) in [5.74, 6) is -3.75. The maximum Gasteiger partial charge on any atom is 0.411 e. The third-order valence-corrected chi connectivity index (χ3v) is 5.61. The van der Waals surface area contributed by atoms with Crippen LogP contribution in [0.15, 0.2) is 66.7 Å². The van der Waals surface area contributed by atoms with Gasteiger partial charge in [-0.15, -0.1) is 0 Å². The molecular weight excluding hydrogens is 443 g/mol. The van der Waals surface area contributed by atoms with Crippen LogP contribution >= 0.6 is 0 Å². The van der Waals surface area contributed by atoms with Crippen molar-refractivity contribution in [1.29, 1.82) is 0 Å². The summed E-state index contributed by atoms with van der Waals surface area (Å²) in [6, 6.07) is 17.8. The summed E-state index contributed by atoms with van der Waals surface area (Å²) in [6.07, 6.45) is -0.905. The van der Waals surface area contributed by atoms with E-state index in [1.165, 1.54) is 12.1 Å². The van der Waals surface area contributed by atoms with Crippen molar-refractivity contribution in [3.63, 3.8) is 0 Å². The van der Waals surface area contributed by atoms with E-state index < -0.39 is 42.0 Å². The van der Waals surface area contributed by atoms with Crippen LogP contribution in [0.1, 0.15) is 27.4 Å². The Hall–Kier alpha value is -4.24. The summed E-state index contributed by atoms with van der Waals surface area (Å²) in [5.41, 5.74) is 3.40. The van der Waals surface area contributed by atoms with Gasteiger partial charge >= 0.3 is 12.1 Å². The number of carbonyl (C=O) groups excluding carboxylic acids is 2. The number of hydrogen-bond acceptors (Lipinski definition) is 5. The molecule has 0 aliphatic heterocycles. The van der Waals surface area contributed by atoms with Gasteiger partial charge in [-0.3, -0.25) is 10.1 Å². The number of aliphatic carboxylic acids is 1. The molecule has 8 nitrogen and oxygen atoms in total. The second kappa shape index (κ2) is 9.72. The van der Waals surface area contributed by atoms with E-state index in [9.17, 15) is 18.8 Å². The first kappa shape index (κ1) is 22.9. The third-order valence-electron chi connectivity index (χ3n) is 5.61. The lowest BCUT2D eigenvalue weighted by Crippen LogP contribution is -2.43. The highest BCUT2D eigenvalue weighted by Crippen LogP contribution is 2.44. The van der Waals surface area contributed by atoms with Crippen molar-refractivity contribution >= 4 is 23.7 Å². The van der Waals surface area contributed by atoms with Crippen molar-refractivity contribution in [2.45, 2.75) is 12.0 Å². The van der Waals surface area contributed by atoms with Gasteiger partial charge in [0.05, 0.1) is 17.9 Å². The largest absolute Gasteiger partial charge is 0.480 e. The Bertz CT molecular complexity index is 1220. The SMILES string of the molecule is O=C(Nc1cccc(C(=O)NC(CO)C(=O)O)c1F)OCC1c2ccccc2-c2ccccc21. The zero-order valence-electron chi connectivity index (χ0n) is 17.8. The van der Waals surface area contributed by atoms with Crippen LogP contribution in [0, 0.1) is 5.82 Å². The number of carbonyl (C=O) groups is 3. The molecule has 0 saturated carbocycles. The maximum absolute atomic E-state index is 14.8. The van der Waals surface area contributed by atoms with Gasteiger partial charge in [0.15, 0.2) is 11.9 Å². The summed E-state index contributed by atoms with van der Waals surface area (Å²) < 4.78 is 20.2. The molecule has 1 unspecified atom stereocenters. The predicted octanol–water partition coefficient (Wildman–Crippen LogP) is 3.36. The lowest BCUT2D eigenvalue weighted by Gasteiger charge is -2.16. The topological polar surface area (TPSA) is 125 Å². The van der Waals surface area contributed by atoms with Crippen LogP contribution in [0.3, 0.4) is 0 Å². The number of fused-ring (bicyclic) bond motifs is 3. The molecule has 0 bridgehead atoms. The van der Waals surface area contributed by atoms with E-state index in [0.29, 0.717) is 0 Å². The van der Waals surface area contributed by atoms with Gasteiger partial charge in [0.25, 0.3) is 5.91 Å². The molecule has 0 spiro atoms. The van der Waals surface area contributed by atoms with Crippen LogP contribution in [0.25, 0.3) is 11.1 Å². The summed E-state index contributed by atoms with van der Waals surface area (Å²) in [4.78, 5) is 35.7. The molecule has 0 saturated heterocycles. The Morgan fingerprint density at radius 1 is 0.941 bits per heavy atom. The van der Waals surface area contributed by atoms with E-state index in [2.05, 4.69) is 5.32 Å². The summed E-state index contributed by atoms with van der Waals surface area (Å²) in [6.45, 7) is -0.834. The zero-order chi connectivity index (χ0) is 24.2. The van der Waals surface area contributed by atoms with Crippen LogP contribution in [-0.2, 0) is 9.53 Å². The summed E-state index contributed by atoms with van der Waals surface area (Å²) in [5, 5.41) is 22.3. The van der Waals surface area contributed by atoms with Gasteiger partial charge in [0, 0.05) is 5.92 Å². The third kappa shape index (κ3) is 4.46. The highest BCUT2D eigenvalue weighted by molar-refractivity contribution is 5.98. The van der Waals surface area contributed by atoms with Crippen LogP contribution in [0.2, 0.25) is 0 Å². The molecule has 4 N–H and O–H groups in total. The molecule has 0 radical (unpaired) electrons. The number of benzene rings is 3. The van der Waals surface area contributed by atoms with Crippen LogP contribution < -0.4 is 10.6 Å². The number of anilines is 1. The number of nitrogens with one attached hydrogen (secondary N) is 2. The molecule has 174 valence electrons. The number of halogens is 1. The Morgan fingerprint density at radius 3 is 2.15 bits per heavy atom. The zero-order valence-corrected chi connectivity index (χ0v) is 17.8. The van der Waals surface area contributed by atoms with Gasteiger partial charge in [-0.25, -0.2) is 14.0 Å². The van der Waals surface area contributed by atoms with Crippen molar-refractivity contribution in [2.24, 2.45) is 0 Å². The predicted molar refractivity (Wildman–Crippen MR) is 121 cm³/mol. The molecule has 2 amide bonds. The molecule has 0 heterocycles. The smallest absolute Gasteiger partial charge is 0.411 e.